The topological polar surface area (TPSA) is 72.9 Å². The minimum atomic E-state index is -3.62. The van der Waals surface area contributed by atoms with Crippen molar-refractivity contribution in [1.82, 2.24) is 4.90 Å². The third-order valence-electron chi connectivity index (χ3n) is 2.49. The zero-order valence-corrected chi connectivity index (χ0v) is 12.4. The molecular formula is C11H20FNO5S. The zero-order valence-electron chi connectivity index (χ0n) is 11.6. The number of rotatable bonds is 3. The van der Waals surface area contributed by atoms with Gasteiger partial charge in [-0.15, -0.1) is 0 Å². The van der Waals surface area contributed by atoms with Gasteiger partial charge in [0, 0.05) is 0 Å². The van der Waals surface area contributed by atoms with Gasteiger partial charge in [-0.05, 0) is 27.2 Å². The molecule has 1 saturated heterocycles. The maximum atomic E-state index is 12.9. The summed E-state index contributed by atoms with van der Waals surface area (Å²) in [6, 6.07) is -0.707. The summed E-state index contributed by atoms with van der Waals surface area (Å²) < 4.78 is 44.9. The number of alkyl halides is 1. The van der Waals surface area contributed by atoms with E-state index in [0.717, 1.165) is 6.26 Å². The number of ether oxygens (including phenoxy) is 1. The standard InChI is InChI=1S/C11H20FNO5S/c1-11(2,3)17-10(14)13-7-9(5-8(13)6-12)18-19(4,15)16/h8-9H,5-7H2,1-4H3/t8-,9-/m0/s1. The number of amides is 1. The minimum Gasteiger partial charge on any atom is -0.444 e. The summed E-state index contributed by atoms with van der Waals surface area (Å²) in [5.41, 5.74) is -0.687. The Kier molecular flexibility index (Phi) is 4.78. The summed E-state index contributed by atoms with van der Waals surface area (Å²) in [7, 11) is -3.62. The first-order valence-corrected chi connectivity index (χ1v) is 7.77. The van der Waals surface area contributed by atoms with Crippen LogP contribution in [0.5, 0.6) is 0 Å². The molecule has 1 aliphatic heterocycles. The van der Waals surface area contributed by atoms with E-state index in [1.807, 2.05) is 0 Å². The molecule has 8 heteroatoms. The summed E-state index contributed by atoms with van der Waals surface area (Å²) >= 11 is 0. The van der Waals surface area contributed by atoms with E-state index in [1.165, 1.54) is 4.90 Å². The van der Waals surface area contributed by atoms with Crippen molar-refractivity contribution in [2.24, 2.45) is 0 Å². The van der Waals surface area contributed by atoms with Crippen LogP contribution in [-0.2, 0) is 19.0 Å². The first kappa shape index (κ1) is 16.2. The highest BCUT2D eigenvalue weighted by Crippen LogP contribution is 2.24. The predicted octanol–water partition coefficient (Wildman–Crippen LogP) is 1.31. The average Bonchev–Trinajstić information content (AvgIpc) is 2.55. The Bertz CT molecular complexity index is 431. The third-order valence-corrected chi connectivity index (χ3v) is 3.11. The molecule has 1 amide bonds. The van der Waals surface area contributed by atoms with E-state index < -0.39 is 40.6 Å². The molecule has 0 aromatic rings. The minimum absolute atomic E-state index is 0.0105. The molecule has 0 bridgehead atoms. The second kappa shape index (κ2) is 5.62. The molecule has 1 rings (SSSR count). The summed E-state index contributed by atoms with van der Waals surface area (Å²) in [6.45, 7) is 4.36. The summed E-state index contributed by atoms with van der Waals surface area (Å²) in [5, 5.41) is 0. The SMILES string of the molecule is CC(C)(C)OC(=O)N1C[C@@H](OS(C)(=O)=O)C[C@H]1CF. The van der Waals surface area contributed by atoms with Gasteiger partial charge in [0.05, 0.1) is 24.9 Å². The monoisotopic (exact) mass is 297 g/mol. The second-order valence-electron chi connectivity index (χ2n) is 5.60. The molecule has 0 aromatic carbocycles. The molecule has 1 aliphatic rings. The van der Waals surface area contributed by atoms with Crippen molar-refractivity contribution in [2.75, 3.05) is 19.5 Å². The van der Waals surface area contributed by atoms with Gasteiger partial charge >= 0.3 is 6.09 Å². The summed E-state index contributed by atoms with van der Waals surface area (Å²) in [4.78, 5) is 13.1. The van der Waals surface area contributed by atoms with Crippen LogP contribution in [0.1, 0.15) is 27.2 Å². The van der Waals surface area contributed by atoms with Gasteiger partial charge in [-0.25, -0.2) is 9.18 Å². The average molecular weight is 297 g/mol. The number of carbonyl (C=O) groups is 1. The lowest BCUT2D eigenvalue weighted by molar-refractivity contribution is 0.0195. The molecule has 0 radical (unpaired) electrons. The number of carbonyl (C=O) groups excluding carboxylic acids is 1. The quantitative estimate of drug-likeness (QED) is 0.734. The Labute approximate surface area is 113 Å². The Morgan fingerprint density at radius 1 is 1.42 bits per heavy atom. The van der Waals surface area contributed by atoms with E-state index in [9.17, 15) is 17.6 Å². The highest BCUT2D eigenvalue weighted by molar-refractivity contribution is 7.86. The molecule has 112 valence electrons. The number of hydrogen-bond acceptors (Lipinski definition) is 5. The lowest BCUT2D eigenvalue weighted by Crippen LogP contribution is -2.41. The molecule has 0 unspecified atom stereocenters. The van der Waals surface area contributed by atoms with Gasteiger partial charge in [0.25, 0.3) is 10.1 Å². The zero-order chi connectivity index (χ0) is 14.8. The first-order chi connectivity index (χ1) is 8.52. The number of likely N-dealkylation sites (tertiary alicyclic amines) is 1. The van der Waals surface area contributed by atoms with E-state index in [0.29, 0.717) is 0 Å². The van der Waals surface area contributed by atoms with E-state index in [2.05, 4.69) is 0 Å². The maximum Gasteiger partial charge on any atom is 0.410 e. The van der Waals surface area contributed by atoms with Crippen LogP contribution in [0.25, 0.3) is 0 Å². The lowest BCUT2D eigenvalue weighted by atomic mass is 10.2. The molecule has 0 N–H and O–H groups in total. The fraction of sp³-hybridized carbons (Fsp3) is 0.909. The largest absolute Gasteiger partial charge is 0.444 e. The van der Waals surface area contributed by atoms with E-state index in [-0.39, 0.29) is 13.0 Å². The fourth-order valence-corrected chi connectivity index (χ4v) is 2.51. The summed E-state index contributed by atoms with van der Waals surface area (Å²) in [5.74, 6) is 0. The highest BCUT2D eigenvalue weighted by Gasteiger charge is 2.39. The van der Waals surface area contributed by atoms with Gasteiger partial charge in [-0.2, -0.15) is 8.42 Å². The van der Waals surface area contributed by atoms with Crippen LogP contribution in [0.3, 0.4) is 0 Å². The number of hydrogen-bond donors (Lipinski definition) is 0. The van der Waals surface area contributed by atoms with Crippen LogP contribution in [0.2, 0.25) is 0 Å². The Balaban J connectivity index is 2.70. The first-order valence-electron chi connectivity index (χ1n) is 5.95. The van der Waals surface area contributed by atoms with E-state index in [1.54, 1.807) is 20.8 Å². The van der Waals surface area contributed by atoms with Crippen molar-refractivity contribution >= 4 is 16.2 Å². The van der Waals surface area contributed by atoms with Crippen LogP contribution in [0, 0.1) is 0 Å². The van der Waals surface area contributed by atoms with Crippen molar-refractivity contribution in [2.45, 2.75) is 44.9 Å². The molecule has 0 spiro atoms. The fourth-order valence-electron chi connectivity index (χ4n) is 1.88. The van der Waals surface area contributed by atoms with Crippen molar-refractivity contribution in [3.63, 3.8) is 0 Å². The molecule has 0 aliphatic carbocycles. The second-order valence-corrected chi connectivity index (χ2v) is 7.20. The molecule has 1 heterocycles. The maximum absolute atomic E-state index is 12.9. The number of nitrogens with zero attached hydrogens (tertiary/aromatic N) is 1. The molecule has 0 aromatic heterocycles. The lowest BCUT2D eigenvalue weighted by Gasteiger charge is -2.27. The highest BCUT2D eigenvalue weighted by atomic mass is 32.2. The van der Waals surface area contributed by atoms with E-state index >= 15 is 0 Å². The number of halogens is 1. The molecule has 1 fully saturated rings. The van der Waals surface area contributed by atoms with E-state index in [4.69, 9.17) is 8.92 Å². The van der Waals surface area contributed by atoms with Gasteiger partial charge in [-0.1, -0.05) is 0 Å². The van der Waals surface area contributed by atoms with Crippen LogP contribution in [-0.4, -0.2) is 56.6 Å². The van der Waals surface area contributed by atoms with Gasteiger partial charge in [-0.3, -0.25) is 9.08 Å². The molecule has 6 nitrogen and oxygen atoms in total. The van der Waals surface area contributed by atoms with Crippen molar-refractivity contribution < 1.29 is 26.5 Å². The molecule has 2 atom stereocenters. The molecule has 0 saturated carbocycles. The van der Waals surface area contributed by atoms with Crippen molar-refractivity contribution in [3.8, 4) is 0 Å². The van der Waals surface area contributed by atoms with Gasteiger partial charge < -0.3 is 4.74 Å². The Morgan fingerprint density at radius 3 is 2.42 bits per heavy atom. The predicted molar refractivity (Wildman–Crippen MR) is 67.0 cm³/mol. The van der Waals surface area contributed by atoms with Crippen molar-refractivity contribution in [3.05, 3.63) is 0 Å². The van der Waals surface area contributed by atoms with Crippen LogP contribution in [0.15, 0.2) is 0 Å². The van der Waals surface area contributed by atoms with Crippen molar-refractivity contribution in [1.29, 1.82) is 0 Å². The summed E-state index contributed by atoms with van der Waals surface area (Å²) in [6.07, 6.45) is -0.311. The van der Waals surface area contributed by atoms with Crippen LogP contribution < -0.4 is 0 Å². The van der Waals surface area contributed by atoms with Gasteiger partial charge in [0.15, 0.2) is 0 Å². The van der Waals surface area contributed by atoms with Gasteiger partial charge in [0.2, 0.25) is 0 Å². The van der Waals surface area contributed by atoms with Crippen LogP contribution in [0.4, 0.5) is 9.18 Å². The Hall–Kier alpha value is -0.890. The smallest absolute Gasteiger partial charge is 0.410 e. The van der Waals surface area contributed by atoms with Gasteiger partial charge in [0.1, 0.15) is 12.3 Å². The third kappa shape index (κ3) is 5.32. The molecule has 19 heavy (non-hydrogen) atoms. The molecular weight excluding hydrogens is 277 g/mol. The van der Waals surface area contributed by atoms with Crippen LogP contribution >= 0.6 is 0 Å². The normalized spacial score (nSPS) is 24.6. The Morgan fingerprint density at radius 2 is 2.00 bits per heavy atom.